The van der Waals surface area contributed by atoms with Gasteiger partial charge in [-0.25, -0.2) is 4.98 Å². The van der Waals surface area contributed by atoms with E-state index >= 15 is 0 Å². The second-order valence-corrected chi connectivity index (χ2v) is 4.02. The molecule has 1 aromatic heterocycles. The molecule has 0 aliphatic rings. The summed E-state index contributed by atoms with van der Waals surface area (Å²) in [5.41, 5.74) is 1.10. The molecular formula is C11H22N4. The van der Waals surface area contributed by atoms with E-state index in [9.17, 15) is 0 Å². The predicted octanol–water partition coefficient (Wildman–Crippen LogP) is 0.898. The number of aromatic nitrogens is 2. The zero-order valence-electron chi connectivity index (χ0n) is 9.95. The molecule has 1 unspecified atom stereocenters. The number of aryl methyl sites for hydroxylation is 1. The van der Waals surface area contributed by atoms with Crippen LogP contribution >= 0.6 is 0 Å². The normalized spacial score (nSPS) is 13.0. The Morgan fingerprint density at radius 2 is 2.33 bits per heavy atom. The predicted molar refractivity (Wildman–Crippen MR) is 62.7 cm³/mol. The summed E-state index contributed by atoms with van der Waals surface area (Å²) >= 11 is 0. The highest BCUT2D eigenvalue weighted by atomic mass is 15.0. The third-order valence-electron chi connectivity index (χ3n) is 2.27. The number of nitrogens with zero attached hydrogens (tertiary/aromatic N) is 2. The Morgan fingerprint density at radius 1 is 1.53 bits per heavy atom. The molecular weight excluding hydrogens is 188 g/mol. The molecule has 0 saturated carbocycles. The number of nitrogens with one attached hydrogen (secondary N) is 2. The lowest BCUT2D eigenvalue weighted by Gasteiger charge is -2.13. The molecule has 1 heterocycles. The molecule has 86 valence electrons. The van der Waals surface area contributed by atoms with Crippen molar-refractivity contribution in [2.75, 3.05) is 13.1 Å². The highest BCUT2D eigenvalue weighted by molar-refractivity contribution is 4.95. The van der Waals surface area contributed by atoms with Crippen LogP contribution in [0.4, 0.5) is 0 Å². The first-order valence-corrected chi connectivity index (χ1v) is 5.63. The maximum atomic E-state index is 4.26. The summed E-state index contributed by atoms with van der Waals surface area (Å²) in [7, 11) is 1.99. The number of hydrogen-bond donors (Lipinski definition) is 2. The van der Waals surface area contributed by atoms with Crippen molar-refractivity contribution in [2.24, 2.45) is 7.05 Å². The van der Waals surface area contributed by atoms with E-state index in [0.717, 1.165) is 25.3 Å². The minimum absolute atomic E-state index is 0.485. The molecule has 0 amide bonds. The highest BCUT2D eigenvalue weighted by Gasteiger charge is 2.01. The van der Waals surface area contributed by atoms with Crippen molar-refractivity contribution in [2.45, 2.75) is 32.9 Å². The van der Waals surface area contributed by atoms with Crippen LogP contribution in [0.3, 0.4) is 0 Å². The van der Waals surface area contributed by atoms with Crippen molar-refractivity contribution in [1.29, 1.82) is 0 Å². The lowest BCUT2D eigenvalue weighted by molar-refractivity contribution is 0.498. The van der Waals surface area contributed by atoms with Crippen molar-refractivity contribution in [1.82, 2.24) is 20.2 Å². The average molecular weight is 210 g/mol. The van der Waals surface area contributed by atoms with Crippen molar-refractivity contribution >= 4 is 0 Å². The van der Waals surface area contributed by atoms with Gasteiger partial charge in [0.05, 0.1) is 12.0 Å². The fourth-order valence-electron chi connectivity index (χ4n) is 1.40. The smallest absolute Gasteiger partial charge is 0.0947 e. The van der Waals surface area contributed by atoms with Gasteiger partial charge in [0.2, 0.25) is 0 Å². The molecule has 1 aromatic rings. The zero-order valence-corrected chi connectivity index (χ0v) is 9.95. The SMILES string of the molecule is CCCNCC(C)NCc1cn(C)cn1. The molecule has 0 saturated heterocycles. The van der Waals surface area contributed by atoms with E-state index in [-0.39, 0.29) is 0 Å². The standard InChI is InChI=1S/C11H22N4/c1-4-5-12-6-10(2)13-7-11-8-15(3)9-14-11/h8-10,12-13H,4-7H2,1-3H3. The third-order valence-corrected chi connectivity index (χ3v) is 2.27. The van der Waals surface area contributed by atoms with Crippen LogP contribution in [0.5, 0.6) is 0 Å². The summed E-state index contributed by atoms with van der Waals surface area (Å²) in [5.74, 6) is 0. The van der Waals surface area contributed by atoms with Gasteiger partial charge in [0.1, 0.15) is 0 Å². The van der Waals surface area contributed by atoms with Crippen LogP contribution in [0.1, 0.15) is 26.0 Å². The minimum Gasteiger partial charge on any atom is -0.340 e. The molecule has 0 fully saturated rings. The number of imidazole rings is 1. The molecule has 0 spiro atoms. The lowest BCUT2D eigenvalue weighted by atomic mass is 10.3. The molecule has 1 rings (SSSR count). The van der Waals surface area contributed by atoms with Gasteiger partial charge in [0, 0.05) is 32.4 Å². The largest absolute Gasteiger partial charge is 0.340 e. The van der Waals surface area contributed by atoms with Gasteiger partial charge < -0.3 is 15.2 Å². The van der Waals surface area contributed by atoms with Crippen LogP contribution in [0.2, 0.25) is 0 Å². The topological polar surface area (TPSA) is 41.9 Å². The molecule has 15 heavy (non-hydrogen) atoms. The van der Waals surface area contributed by atoms with Crippen molar-refractivity contribution < 1.29 is 0 Å². The third kappa shape index (κ3) is 4.95. The Bertz CT molecular complexity index is 269. The molecule has 0 radical (unpaired) electrons. The van der Waals surface area contributed by atoms with E-state index in [1.54, 1.807) is 0 Å². The quantitative estimate of drug-likeness (QED) is 0.657. The van der Waals surface area contributed by atoms with Crippen LogP contribution in [0.25, 0.3) is 0 Å². The van der Waals surface area contributed by atoms with Gasteiger partial charge in [-0.05, 0) is 19.9 Å². The Morgan fingerprint density at radius 3 is 2.93 bits per heavy atom. The fourth-order valence-corrected chi connectivity index (χ4v) is 1.40. The summed E-state index contributed by atoms with van der Waals surface area (Å²) in [6, 6.07) is 0.485. The minimum atomic E-state index is 0.485. The van der Waals surface area contributed by atoms with E-state index in [2.05, 4.69) is 29.5 Å². The van der Waals surface area contributed by atoms with Gasteiger partial charge in [-0.1, -0.05) is 6.92 Å². The van der Waals surface area contributed by atoms with Gasteiger partial charge >= 0.3 is 0 Å². The summed E-state index contributed by atoms with van der Waals surface area (Å²) in [5, 5.41) is 6.82. The first-order chi connectivity index (χ1) is 7.22. The first kappa shape index (κ1) is 12.2. The van der Waals surface area contributed by atoms with E-state index in [1.165, 1.54) is 6.42 Å². The fraction of sp³-hybridized carbons (Fsp3) is 0.727. The summed E-state index contributed by atoms with van der Waals surface area (Å²) in [6.45, 7) is 7.32. The van der Waals surface area contributed by atoms with Crippen LogP contribution in [0.15, 0.2) is 12.5 Å². The molecule has 1 atom stereocenters. The van der Waals surface area contributed by atoms with E-state index in [0.29, 0.717) is 6.04 Å². The lowest BCUT2D eigenvalue weighted by Crippen LogP contribution is -2.36. The number of rotatable bonds is 7. The van der Waals surface area contributed by atoms with Gasteiger partial charge in [0.25, 0.3) is 0 Å². The van der Waals surface area contributed by atoms with Crippen LogP contribution in [0, 0.1) is 0 Å². The Balaban J connectivity index is 2.13. The van der Waals surface area contributed by atoms with Crippen LogP contribution in [-0.4, -0.2) is 28.7 Å². The van der Waals surface area contributed by atoms with E-state index in [1.807, 2.05) is 24.1 Å². The molecule has 0 aromatic carbocycles. The molecule has 0 aliphatic heterocycles. The Hall–Kier alpha value is -0.870. The average Bonchev–Trinajstić information content (AvgIpc) is 2.62. The molecule has 4 heteroatoms. The number of hydrogen-bond acceptors (Lipinski definition) is 3. The molecule has 4 nitrogen and oxygen atoms in total. The molecule has 2 N–H and O–H groups in total. The second kappa shape index (κ2) is 6.58. The zero-order chi connectivity index (χ0) is 11.1. The highest BCUT2D eigenvalue weighted by Crippen LogP contribution is 1.93. The summed E-state index contributed by atoms with van der Waals surface area (Å²) < 4.78 is 1.97. The van der Waals surface area contributed by atoms with Gasteiger partial charge in [-0.2, -0.15) is 0 Å². The van der Waals surface area contributed by atoms with Crippen LogP contribution in [-0.2, 0) is 13.6 Å². The van der Waals surface area contributed by atoms with Gasteiger partial charge in [-0.15, -0.1) is 0 Å². The van der Waals surface area contributed by atoms with Crippen molar-refractivity contribution in [3.63, 3.8) is 0 Å². The van der Waals surface area contributed by atoms with Crippen molar-refractivity contribution in [3.8, 4) is 0 Å². The first-order valence-electron chi connectivity index (χ1n) is 5.63. The molecule has 0 aliphatic carbocycles. The summed E-state index contributed by atoms with van der Waals surface area (Å²) in [4.78, 5) is 4.26. The van der Waals surface area contributed by atoms with Crippen molar-refractivity contribution in [3.05, 3.63) is 18.2 Å². The van der Waals surface area contributed by atoms with Gasteiger partial charge in [-0.3, -0.25) is 0 Å². The van der Waals surface area contributed by atoms with Crippen LogP contribution < -0.4 is 10.6 Å². The van der Waals surface area contributed by atoms with E-state index in [4.69, 9.17) is 0 Å². The molecule has 0 bridgehead atoms. The second-order valence-electron chi connectivity index (χ2n) is 4.02. The Labute approximate surface area is 92.1 Å². The monoisotopic (exact) mass is 210 g/mol. The summed E-state index contributed by atoms with van der Waals surface area (Å²) in [6.07, 6.45) is 5.06. The maximum absolute atomic E-state index is 4.26. The maximum Gasteiger partial charge on any atom is 0.0947 e. The van der Waals surface area contributed by atoms with Gasteiger partial charge in [0.15, 0.2) is 0 Å². The Kier molecular flexibility index (Phi) is 5.36. The van der Waals surface area contributed by atoms with E-state index < -0.39 is 0 Å².